The molecule has 1 aromatic heterocycles. The van der Waals surface area contributed by atoms with E-state index in [1.165, 1.54) is 0 Å². The minimum atomic E-state index is -0.581. The van der Waals surface area contributed by atoms with Gasteiger partial charge in [-0.25, -0.2) is 0 Å². The number of hydrogen-bond acceptors (Lipinski definition) is 3. The van der Waals surface area contributed by atoms with Gasteiger partial charge in [0.25, 0.3) is 0 Å². The molecule has 4 nitrogen and oxygen atoms in total. The van der Waals surface area contributed by atoms with E-state index < -0.39 is 6.04 Å². The summed E-state index contributed by atoms with van der Waals surface area (Å²) < 4.78 is 5.51. The Kier molecular flexibility index (Phi) is 3.88. The molecule has 0 aromatic carbocycles. The lowest BCUT2D eigenvalue weighted by Gasteiger charge is -2.02. The normalized spacial score (nSPS) is 13.1. The summed E-state index contributed by atoms with van der Waals surface area (Å²) in [5.41, 5.74) is 0. The van der Waals surface area contributed by atoms with Crippen LogP contribution in [0.2, 0.25) is 0 Å². The second kappa shape index (κ2) is 4.96. The average molecular weight is 211 g/mol. The van der Waals surface area contributed by atoms with Gasteiger partial charge in [0.1, 0.15) is 11.5 Å². The van der Waals surface area contributed by atoms with Gasteiger partial charge in [0.2, 0.25) is 6.04 Å². The van der Waals surface area contributed by atoms with Crippen molar-refractivity contribution in [1.82, 2.24) is 0 Å². The van der Waals surface area contributed by atoms with Crippen LogP contribution in [0.25, 0.3) is 0 Å². The quantitative estimate of drug-likeness (QED) is 0.555. The third-order valence-corrected chi connectivity index (χ3v) is 2.18. The summed E-state index contributed by atoms with van der Waals surface area (Å²) in [4.78, 5) is 10.2. The molecule has 0 saturated carbocycles. The lowest BCUT2D eigenvalue weighted by atomic mass is 10.1. The van der Waals surface area contributed by atoms with Crippen LogP contribution >= 0.6 is 0 Å². The predicted octanol–water partition coefficient (Wildman–Crippen LogP) is 2.69. The molecule has 0 fully saturated rings. The molecule has 15 heavy (non-hydrogen) atoms. The first-order valence-corrected chi connectivity index (χ1v) is 5.20. The fourth-order valence-corrected chi connectivity index (χ4v) is 1.41. The van der Waals surface area contributed by atoms with Crippen molar-refractivity contribution in [2.75, 3.05) is 0 Å². The summed E-state index contributed by atoms with van der Waals surface area (Å²) in [5.74, 6) is 2.15. The summed E-state index contributed by atoms with van der Waals surface area (Å²) >= 11 is 0. The third-order valence-electron chi connectivity index (χ3n) is 2.18. The van der Waals surface area contributed by atoms with Crippen LogP contribution in [-0.4, -0.2) is 11.0 Å². The summed E-state index contributed by atoms with van der Waals surface area (Å²) in [6, 6.07) is 3.16. The zero-order valence-electron chi connectivity index (χ0n) is 9.40. The molecule has 1 atom stereocenters. The Morgan fingerprint density at radius 2 is 1.80 bits per heavy atom. The summed E-state index contributed by atoms with van der Waals surface area (Å²) in [6.45, 7) is 5.81. The Morgan fingerprint density at radius 3 is 2.27 bits per heavy atom. The van der Waals surface area contributed by atoms with Crippen LogP contribution in [0, 0.1) is 16.0 Å². The Labute approximate surface area is 89.4 Å². The van der Waals surface area contributed by atoms with E-state index in [-0.39, 0.29) is 4.92 Å². The van der Waals surface area contributed by atoms with Crippen LogP contribution in [0.3, 0.4) is 0 Å². The molecule has 1 heterocycles. The molecule has 1 unspecified atom stereocenters. The van der Waals surface area contributed by atoms with Crippen molar-refractivity contribution in [2.45, 2.75) is 39.7 Å². The Hall–Kier alpha value is -1.32. The molecule has 1 rings (SSSR count). The Bertz CT molecular complexity index is 330. The van der Waals surface area contributed by atoms with Crippen molar-refractivity contribution in [3.63, 3.8) is 0 Å². The van der Waals surface area contributed by atoms with Crippen LogP contribution in [0.1, 0.15) is 32.3 Å². The Morgan fingerprint density at radius 1 is 1.27 bits per heavy atom. The number of rotatable bonds is 5. The van der Waals surface area contributed by atoms with E-state index in [0.29, 0.717) is 18.1 Å². The van der Waals surface area contributed by atoms with Crippen molar-refractivity contribution < 1.29 is 9.34 Å². The first-order valence-electron chi connectivity index (χ1n) is 5.20. The maximum Gasteiger partial charge on any atom is 0.217 e. The van der Waals surface area contributed by atoms with E-state index in [1.807, 2.05) is 12.1 Å². The van der Waals surface area contributed by atoms with Crippen LogP contribution in [0.15, 0.2) is 16.5 Å². The minimum Gasteiger partial charge on any atom is -0.466 e. The fourth-order valence-electron chi connectivity index (χ4n) is 1.41. The molecule has 0 spiro atoms. The summed E-state index contributed by atoms with van der Waals surface area (Å²) in [5, 5.41) is 10.5. The van der Waals surface area contributed by atoms with E-state index in [4.69, 9.17) is 4.42 Å². The van der Waals surface area contributed by atoms with Gasteiger partial charge in [-0.2, -0.15) is 0 Å². The van der Waals surface area contributed by atoms with Gasteiger partial charge >= 0.3 is 0 Å². The van der Waals surface area contributed by atoms with Gasteiger partial charge in [-0.1, -0.05) is 13.8 Å². The highest BCUT2D eigenvalue weighted by Crippen LogP contribution is 2.14. The van der Waals surface area contributed by atoms with Gasteiger partial charge in [0.05, 0.1) is 6.42 Å². The molecule has 1 aromatic rings. The highest BCUT2D eigenvalue weighted by molar-refractivity contribution is 5.08. The molecular formula is C11H17NO3. The summed E-state index contributed by atoms with van der Waals surface area (Å²) in [6.07, 6.45) is 1.25. The van der Waals surface area contributed by atoms with Crippen LogP contribution < -0.4 is 0 Å². The van der Waals surface area contributed by atoms with Crippen LogP contribution in [0.4, 0.5) is 0 Å². The highest BCUT2D eigenvalue weighted by Gasteiger charge is 2.16. The number of furan rings is 1. The van der Waals surface area contributed by atoms with Gasteiger partial charge in [-0.15, -0.1) is 0 Å². The van der Waals surface area contributed by atoms with Crippen molar-refractivity contribution in [3.8, 4) is 0 Å². The smallest absolute Gasteiger partial charge is 0.217 e. The fraction of sp³-hybridized carbons (Fsp3) is 0.636. The van der Waals surface area contributed by atoms with Crippen LogP contribution in [0.5, 0.6) is 0 Å². The van der Waals surface area contributed by atoms with Crippen molar-refractivity contribution in [3.05, 3.63) is 33.8 Å². The van der Waals surface area contributed by atoms with Crippen LogP contribution in [-0.2, 0) is 12.8 Å². The second-order valence-electron chi connectivity index (χ2n) is 4.30. The molecule has 0 aliphatic rings. The lowest BCUT2D eigenvalue weighted by molar-refractivity contribution is -0.517. The zero-order valence-corrected chi connectivity index (χ0v) is 9.40. The zero-order chi connectivity index (χ0) is 11.4. The van der Waals surface area contributed by atoms with Crippen molar-refractivity contribution in [2.24, 2.45) is 5.92 Å². The summed E-state index contributed by atoms with van der Waals surface area (Å²) in [7, 11) is 0. The second-order valence-corrected chi connectivity index (χ2v) is 4.30. The first kappa shape index (κ1) is 11.8. The minimum absolute atomic E-state index is 0.287. The van der Waals surface area contributed by atoms with Crippen molar-refractivity contribution >= 4 is 0 Å². The number of hydrogen-bond donors (Lipinski definition) is 0. The Balaban J connectivity index is 2.56. The third kappa shape index (κ3) is 3.73. The molecule has 84 valence electrons. The van der Waals surface area contributed by atoms with Gasteiger partial charge in [0, 0.05) is 18.3 Å². The first-order chi connectivity index (χ1) is 6.99. The topological polar surface area (TPSA) is 56.3 Å². The van der Waals surface area contributed by atoms with Gasteiger partial charge in [0.15, 0.2) is 0 Å². The van der Waals surface area contributed by atoms with Gasteiger partial charge < -0.3 is 4.42 Å². The molecular weight excluding hydrogens is 194 g/mol. The maximum atomic E-state index is 10.5. The van der Waals surface area contributed by atoms with E-state index >= 15 is 0 Å². The highest BCUT2D eigenvalue weighted by atomic mass is 16.6. The molecule has 0 aliphatic carbocycles. The molecule has 0 aliphatic heterocycles. The SMILES string of the molecule is CC(C)Cc1ccc(CC(C)[N+](=O)[O-])o1. The maximum absolute atomic E-state index is 10.5. The lowest BCUT2D eigenvalue weighted by Crippen LogP contribution is -2.17. The molecule has 0 saturated heterocycles. The van der Waals surface area contributed by atoms with Gasteiger partial charge in [-0.3, -0.25) is 10.1 Å². The molecule has 0 amide bonds. The number of nitrogens with zero attached hydrogens (tertiary/aromatic N) is 1. The molecule has 0 N–H and O–H groups in total. The van der Waals surface area contributed by atoms with E-state index in [9.17, 15) is 10.1 Å². The largest absolute Gasteiger partial charge is 0.466 e. The molecule has 0 bridgehead atoms. The average Bonchev–Trinajstić information content (AvgIpc) is 2.51. The monoisotopic (exact) mass is 211 g/mol. The number of nitro groups is 1. The molecule has 4 heteroatoms. The van der Waals surface area contributed by atoms with E-state index in [0.717, 1.165) is 12.2 Å². The predicted molar refractivity (Wildman–Crippen MR) is 57.4 cm³/mol. The van der Waals surface area contributed by atoms with Gasteiger partial charge in [-0.05, 0) is 18.1 Å². The molecule has 0 radical (unpaired) electrons. The van der Waals surface area contributed by atoms with E-state index in [2.05, 4.69) is 13.8 Å². The van der Waals surface area contributed by atoms with E-state index in [1.54, 1.807) is 6.92 Å². The standard InChI is InChI=1S/C11H17NO3/c1-8(2)6-10-4-5-11(15-10)7-9(3)12(13)14/h4-5,8-9H,6-7H2,1-3H3. The van der Waals surface area contributed by atoms with Crippen molar-refractivity contribution in [1.29, 1.82) is 0 Å².